The topological polar surface area (TPSA) is 59.6 Å². The highest BCUT2D eigenvalue weighted by Crippen LogP contribution is 2.35. The zero-order valence-corrected chi connectivity index (χ0v) is 16.3. The third kappa shape index (κ3) is 5.16. The largest absolute Gasteiger partial charge is 0.372 e. The fraction of sp³-hybridized carbons (Fsp3) is 0.409. The number of halogens is 1. The molecule has 2 aromatic rings. The number of amides is 1. The van der Waals surface area contributed by atoms with Crippen molar-refractivity contribution in [3.8, 4) is 11.1 Å². The van der Waals surface area contributed by atoms with Crippen molar-refractivity contribution >= 4 is 5.91 Å². The van der Waals surface area contributed by atoms with Crippen LogP contribution >= 0.6 is 0 Å². The maximum absolute atomic E-state index is 14.9. The average molecular weight is 386 g/mol. The summed E-state index contributed by atoms with van der Waals surface area (Å²) in [7, 11) is 0. The van der Waals surface area contributed by atoms with Crippen molar-refractivity contribution in [1.29, 1.82) is 0 Å². The van der Waals surface area contributed by atoms with Gasteiger partial charge in [0.1, 0.15) is 18.0 Å². The normalized spacial score (nSPS) is 17.9. The van der Waals surface area contributed by atoms with Crippen molar-refractivity contribution in [2.45, 2.75) is 26.1 Å². The van der Waals surface area contributed by atoms with Crippen LogP contribution < -0.4 is 10.6 Å². The van der Waals surface area contributed by atoms with E-state index in [-0.39, 0.29) is 17.8 Å². The molecule has 28 heavy (non-hydrogen) atoms. The summed E-state index contributed by atoms with van der Waals surface area (Å²) >= 11 is 0. The Bertz CT molecular complexity index is 806. The van der Waals surface area contributed by atoms with Crippen LogP contribution in [0.4, 0.5) is 4.39 Å². The molecule has 5 nitrogen and oxygen atoms in total. The van der Waals surface area contributed by atoms with Crippen molar-refractivity contribution in [2.75, 3.05) is 32.8 Å². The molecule has 1 amide bonds. The molecule has 2 N–H and O–H groups in total. The zero-order chi connectivity index (χ0) is 19.9. The van der Waals surface area contributed by atoms with E-state index in [4.69, 9.17) is 9.47 Å². The summed E-state index contributed by atoms with van der Waals surface area (Å²) < 4.78 is 27.0. The van der Waals surface area contributed by atoms with Crippen molar-refractivity contribution in [1.82, 2.24) is 10.6 Å². The number of nitrogens with one attached hydrogen (secondary N) is 2. The molecule has 1 fully saturated rings. The van der Waals surface area contributed by atoms with E-state index in [0.29, 0.717) is 31.9 Å². The fourth-order valence-electron chi connectivity index (χ4n) is 3.47. The smallest absolute Gasteiger partial charge is 0.216 e. The number of benzene rings is 2. The number of carbonyl (C=O) groups excluding carboxylic acids is 1. The number of morpholine rings is 1. The van der Waals surface area contributed by atoms with Crippen LogP contribution in [0.15, 0.2) is 42.5 Å². The number of rotatable bonds is 7. The number of carbonyl (C=O) groups is 1. The van der Waals surface area contributed by atoms with Crippen molar-refractivity contribution in [3.63, 3.8) is 0 Å². The number of hydrogen-bond donors (Lipinski definition) is 2. The first-order chi connectivity index (χ1) is 13.6. The van der Waals surface area contributed by atoms with Crippen LogP contribution in [0.1, 0.15) is 24.2 Å². The Labute approximate surface area is 165 Å². The van der Waals surface area contributed by atoms with Gasteiger partial charge in [-0.3, -0.25) is 4.79 Å². The molecular weight excluding hydrogens is 359 g/mol. The second-order valence-corrected chi connectivity index (χ2v) is 6.96. The van der Waals surface area contributed by atoms with Gasteiger partial charge in [0.2, 0.25) is 5.91 Å². The van der Waals surface area contributed by atoms with Gasteiger partial charge < -0.3 is 20.1 Å². The summed E-state index contributed by atoms with van der Waals surface area (Å²) in [6.07, 6.45) is -0.691. The summed E-state index contributed by atoms with van der Waals surface area (Å²) in [6.45, 7) is 6.13. The summed E-state index contributed by atoms with van der Waals surface area (Å²) in [4.78, 5) is 11.1. The van der Waals surface area contributed by atoms with E-state index in [1.807, 2.05) is 37.3 Å². The SMILES string of the molecule is CC(=O)NCCO[C@@H](c1cccc(F)c1-c1cccc(C)c1)[C@H]1CNCCO1. The Hall–Kier alpha value is -2.28. The lowest BCUT2D eigenvalue weighted by Gasteiger charge is -2.32. The van der Waals surface area contributed by atoms with Crippen LogP contribution in [0.2, 0.25) is 0 Å². The van der Waals surface area contributed by atoms with Gasteiger partial charge >= 0.3 is 0 Å². The number of ether oxygens (including phenoxy) is 2. The standard InChI is InChI=1S/C22H27FN2O3/c1-15-5-3-6-17(13-15)21-18(7-4-8-19(21)23)22(20-14-24-9-11-27-20)28-12-10-25-16(2)26/h3-8,13,20,22,24H,9-12,14H2,1-2H3,(H,25,26)/t20-,22+/m1/s1. The molecule has 0 radical (unpaired) electrons. The van der Waals surface area contributed by atoms with Crippen LogP contribution in [-0.4, -0.2) is 44.9 Å². The van der Waals surface area contributed by atoms with E-state index in [1.165, 1.54) is 13.0 Å². The lowest BCUT2D eigenvalue weighted by molar-refractivity contribution is -0.119. The second kappa shape index (κ2) is 9.78. The van der Waals surface area contributed by atoms with Crippen LogP contribution in [0.3, 0.4) is 0 Å². The van der Waals surface area contributed by atoms with Gasteiger partial charge in [0.05, 0.1) is 13.2 Å². The molecule has 0 spiro atoms. The van der Waals surface area contributed by atoms with Crippen molar-refractivity contribution < 1.29 is 18.7 Å². The van der Waals surface area contributed by atoms with Crippen LogP contribution in [0.5, 0.6) is 0 Å². The van der Waals surface area contributed by atoms with Gasteiger partial charge in [-0.1, -0.05) is 42.0 Å². The van der Waals surface area contributed by atoms with Crippen molar-refractivity contribution in [2.24, 2.45) is 0 Å². The van der Waals surface area contributed by atoms with E-state index < -0.39 is 6.10 Å². The van der Waals surface area contributed by atoms with Crippen LogP contribution in [-0.2, 0) is 14.3 Å². The van der Waals surface area contributed by atoms with Gasteiger partial charge in [-0.05, 0) is 24.1 Å². The second-order valence-electron chi connectivity index (χ2n) is 6.96. The van der Waals surface area contributed by atoms with Gasteiger partial charge in [-0.15, -0.1) is 0 Å². The molecule has 1 aliphatic rings. The molecule has 1 heterocycles. The van der Waals surface area contributed by atoms with Crippen LogP contribution in [0.25, 0.3) is 11.1 Å². The van der Waals surface area contributed by atoms with Gasteiger partial charge in [-0.2, -0.15) is 0 Å². The molecule has 0 bridgehead atoms. The lowest BCUT2D eigenvalue weighted by Crippen LogP contribution is -2.43. The quantitative estimate of drug-likeness (QED) is 0.719. The molecule has 0 saturated carbocycles. The molecular formula is C22H27FN2O3. The first-order valence-electron chi connectivity index (χ1n) is 9.60. The minimum Gasteiger partial charge on any atom is -0.372 e. The molecule has 0 aromatic heterocycles. The molecule has 0 unspecified atom stereocenters. The molecule has 6 heteroatoms. The molecule has 2 aromatic carbocycles. The monoisotopic (exact) mass is 386 g/mol. The predicted molar refractivity (Wildman–Crippen MR) is 107 cm³/mol. The predicted octanol–water partition coefficient (Wildman–Crippen LogP) is 2.98. The zero-order valence-electron chi connectivity index (χ0n) is 16.3. The third-order valence-electron chi connectivity index (χ3n) is 4.73. The highest BCUT2D eigenvalue weighted by molar-refractivity contribution is 5.72. The maximum Gasteiger partial charge on any atom is 0.216 e. The first kappa shape index (κ1) is 20.5. The van der Waals surface area contributed by atoms with Crippen LogP contribution in [0, 0.1) is 12.7 Å². The maximum atomic E-state index is 14.9. The fourth-order valence-corrected chi connectivity index (χ4v) is 3.47. The van der Waals surface area contributed by atoms with E-state index in [0.717, 1.165) is 23.2 Å². The Kier molecular flexibility index (Phi) is 7.14. The summed E-state index contributed by atoms with van der Waals surface area (Å²) in [5.41, 5.74) is 3.16. The van der Waals surface area contributed by atoms with E-state index in [9.17, 15) is 9.18 Å². The minimum absolute atomic E-state index is 0.109. The third-order valence-corrected chi connectivity index (χ3v) is 4.73. The summed E-state index contributed by atoms with van der Waals surface area (Å²) in [6, 6.07) is 12.8. The van der Waals surface area contributed by atoms with E-state index >= 15 is 0 Å². The van der Waals surface area contributed by atoms with Gasteiger partial charge in [0.25, 0.3) is 0 Å². The first-order valence-corrected chi connectivity index (χ1v) is 9.60. The highest BCUT2D eigenvalue weighted by atomic mass is 19.1. The molecule has 1 aliphatic heterocycles. The van der Waals surface area contributed by atoms with Gasteiger partial charge in [0.15, 0.2) is 0 Å². The molecule has 3 rings (SSSR count). The Balaban J connectivity index is 1.94. The Morgan fingerprint density at radius 2 is 2.18 bits per heavy atom. The average Bonchev–Trinajstić information content (AvgIpc) is 2.68. The van der Waals surface area contributed by atoms with Crippen molar-refractivity contribution in [3.05, 3.63) is 59.4 Å². The number of aryl methyl sites for hydroxylation is 1. The highest BCUT2D eigenvalue weighted by Gasteiger charge is 2.30. The minimum atomic E-state index is -0.451. The van der Waals surface area contributed by atoms with E-state index in [1.54, 1.807) is 6.07 Å². The molecule has 1 saturated heterocycles. The Morgan fingerprint density at radius 1 is 1.36 bits per heavy atom. The summed E-state index contributed by atoms with van der Waals surface area (Å²) in [5.74, 6) is -0.399. The Morgan fingerprint density at radius 3 is 2.89 bits per heavy atom. The van der Waals surface area contributed by atoms with Gasteiger partial charge in [-0.25, -0.2) is 4.39 Å². The van der Waals surface area contributed by atoms with Gasteiger partial charge in [0, 0.05) is 32.1 Å². The molecule has 2 atom stereocenters. The number of hydrogen-bond acceptors (Lipinski definition) is 4. The lowest BCUT2D eigenvalue weighted by atomic mass is 9.92. The van der Waals surface area contributed by atoms with E-state index in [2.05, 4.69) is 10.6 Å². The molecule has 0 aliphatic carbocycles. The molecule has 150 valence electrons. The summed E-state index contributed by atoms with van der Waals surface area (Å²) in [5, 5.41) is 6.03.